The van der Waals surface area contributed by atoms with E-state index in [1.54, 1.807) is 9.91 Å². The molecule has 1 rings (SSSR count). The van der Waals surface area contributed by atoms with E-state index in [0.717, 1.165) is 13.1 Å². The fourth-order valence-electron chi connectivity index (χ4n) is 1.07. The summed E-state index contributed by atoms with van der Waals surface area (Å²) in [4.78, 5) is 12.8. The van der Waals surface area contributed by atoms with Gasteiger partial charge in [-0.25, -0.2) is 5.01 Å². The first-order valence-corrected chi connectivity index (χ1v) is 3.65. The second-order valence-corrected chi connectivity index (χ2v) is 2.57. The van der Waals surface area contributed by atoms with Crippen molar-refractivity contribution in [2.24, 2.45) is 5.84 Å². The van der Waals surface area contributed by atoms with Gasteiger partial charge in [0, 0.05) is 26.2 Å². The van der Waals surface area contributed by atoms with E-state index in [1.165, 1.54) is 6.08 Å². The fourth-order valence-corrected chi connectivity index (χ4v) is 1.07. The topological polar surface area (TPSA) is 49.6 Å². The smallest absolute Gasteiger partial charge is 0.246 e. The minimum atomic E-state index is -0.00176. The van der Waals surface area contributed by atoms with Crippen LogP contribution in [0.5, 0.6) is 0 Å². The molecule has 0 aliphatic carbocycles. The van der Waals surface area contributed by atoms with Crippen molar-refractivity contribution >= 4 is 5.91 Å². The Morgan fingerprint density at radius 1 is 1.36 bits per heavy atom. The van der Waals surface area contributed by atoms with Gasteiger partial charge < -0.3 is 4.90 Å². The van der Waals surface area contributed by atoms with Gasteiger partial charge in [-0.3, -0.25) is 10.6 Å². The van der Waals surface area contributed by atoms with Crippen molar-refractivity contribution < 1.29 is 4.79 Å². The zero-order valence-corrected chi connectivity index (χ0v) is 6.49. The molecule has 1 heterocycles. The number of carbonyl (C=O) groups is 1. The molecule has 0 aromatic heterocycles. The third-order valence-electron chi connectivity index (χ3n) is 1.80. The average Bonchev–Trinajstić information content (AvgIpc) is 2.05. The number of hydrazine groups is 1. The van der Waals surface area contributed by atoms with Crippen LogP contribution >= 0.6 is 0 Å². The lowest BCUT2D eigenvalue weighted by atomic mass is 10.3. The number of nitrogens with two attached hydrogens (primary N) is 1. The summed E-state index contributed by atoms with van der Waals surface area (Å²) in [5.74, 6) is 5.51. The summed E-state index contributed by atoms with van der Waals surface area (Å²) in [5, 5.41) is 1.72. The van der Waals surface area contributed by atoms with Crippen LogP contribution in [-0.4, -0.2) is 42.0 Å². The van der Waals surface area contributed by atoms with Gasteiger partial charge in [-0.2, -0.15) is 0 Å². The van der Waals surface area contributed by atoms with Crippen LogP contribution in [0.25, 0.3) is 0 Å². The Morgan fingerprint density at radius 2 is 1.91 bits per heavy atom. The van der Waals surface area contributed by atoms with Crippen LogP contribution in [0.2, 0.25) is 0 Å². The number of hydrogen-bond acceptors (Lipinski definition) is 3. The lowest BCUT2D eigenvalue weighted by Gasteiger charge is -2.31. The Morgan fingerprint density at radius 3 is 2.36 bits per heavy atom. The SMILES string of the molecule is C=CC(=O)N1CCN(N)CC1. The number of nitrogens with zero attached hydrogens (tertiary/aromatic N) is 2. The minimum Gasteiger partial charge on any atom is -0.336 e. The summed E-state index contributed by atoms with van der Waals surface area (Å²) in [5.41, 5.74) is 0. The maximum atomic E-state index is 11.0. The molecule has 1 saturated heterocycles. The maximum Gasteiger partial charge on any atom is 0.246 e. The van der Waals surface area contributed by atoms with Crippen LogP contribution in [0.1, 0.15) is 0 Å². The zero-order chi connectivity index (χ0) is 8.27. The Labute approximate surface area is 66.2 Å². The van der Waals surface area contributed by atoms with Gasteiger partial charge in [-0.15, -0.1) is 0 Å². The van der Waals surface area contributed by atoms with E-state index in [2.05, 4.69) is 6.58 Å². The quantitative estimate of drug-likeness (QED) is 0.398. The summed E-state index contributed by atoms with van der Waals surface area (Å²) in [7, 11) is 0. The molecule has 4 heteroatoms. The molecule has 1 aliphatic heterocycles. The van der Waals surface area contributed by atoms with Gasteiger partial charge in [0.2, 0.25) is 5.91 Å². The van der Waals surface area contributed by atoms with Gasteiger partial charge in [0.15, 0.2) is 0 Å². The largest absolute Gasteiger partial charge is 0.336 e. The molecule has 0 radical (unpaired) electrons. The molecule has 1 amide bonds. The Hall–Kier alpha value is -0.870. The highest BCUT2D eigenvalue weighted by atomic mass is 16.2. The highest BCUT2D eigenvalue weighted by Gasteiger charge is 2.16. The molecule has 2 N–H and O–H groups in total. The molecule has 0 unspecified atom stereocenters. The lowest BCUT2D eigenvalue weighted by molar-refractivity contribution is -0.127. The standard InChI is InChI=1S/C7H13N3O/c1-2-7(11)9-3-5-10(8)6-4-9/h2H,1,3-6,8H2. The molecule has 1 fully saturated rings. The third-order valence-corrected chi connectivity index (χ3v) is 1.80. The van der Waals surface area contributed by atoms with E-state index in [4.69, 9.17) is 5.84 Å². The molecule has 62 valence electrons. The zero-order valence-electron chi connectivity index (χ0n) is 6.49. The molecular weight excluding hydrogens is 142 g/mol. The maximum absolute atomic E-state index is 11.0. The van der Waals surface area contributed by atoms with Gasteiger partial charge in [0.05, 0.1) is 0 Å². The Balaban J connectivity index is 2.38. The number of hydrogen-bond donors (Lipinski definition) is 1. The lowest BCUT2D eigenvalue weighted by Crippen LogP contribution is -2.50. The van der Waals surface area contributed by atoms with Crippen LogP contribution in [-0.2, 0) is 4.79 Å². The molecule has 0 atom stereocenters. The third kappa shape index (κ3) is 2.03. The first-order chi connectivity index (χ1) is 5.24. The predicted octanol–water partition coefficient (Wildman–Crippen LogP) is -0.810. The van der Waals surface area contributed by atoms with Crippen LogP contribution in [0.15, 0.2) is 12.7 Å². The molecule has 11 heavy (non-hydrogen) atoms. The number of amides is 1. The van der Waals surface area contributed by atoms with Crippen LogP contribution in [0, 0.1) is 0 Å². The molecule has 0 bridgehead atoms. The van der Waals surface area contributed by atoms with E-state index in [1.807, 2.05) is 0 Å². The van der Waals surface area contributed by atoms with Crippen molar-refractivity contribution in [1.29, 1.82) is 0 Å². The molecule has 0 aromatic rings. The Bertz CT molecular complexity index is 161. The number of carbonyl (C=O) groups excluding carboxylic acids is 1. The first-order valence-electron chi connectivity index (χ1n) is 3.65. The average molecular weight is 155 g/mol. The molecule has 0 aromatic carbocycles. The van der Waals surface area contributed by atoms with Crippen molar-refractivity contribution in [2.45, 2.75) is 0 Å². The van der Waals surface area contributed by atoms with Crippen LogP contribution in [0.4, 0.5) is 0 Å². The minimum absolute atomic E-state index is 0.00176. The van der Waals surface area contributed by atoms with Crippen LogP contribution < -0.4 is 5.84 Å². The van der Waals surface area contributed by atoms with Crippen molar-refractivity contribution in [2.75, 3.05) is 26.2 Å². The molecular formula is C7H13N3O. The second-order valence-electron chi connectivity index (χ2n) is 2.57. The van der Waals surface area contributed by atoms with E-state index in [-0.39, 0.29) is 5.91 Å². The summed E-state index contributed by atoms with van der Waals surface area (Å²) in [6, 6.07) is 0. The van der Waals surface area contributed by atoms with Crippen molar-refractivity contribution in [3.8, 4) is 0 Å². The highest BCUT2D eigenvalue weighted by molar-refractivity contribution is 5.87. The van der Waals surface area contributed by atoms with E-state index in [0.29, 0.717) is 13.1 Å². The summed E-state index contributed by atoms with van der Waals surface area (Å²) in [6.07, 6.45) is 1.34. The summed E-state index contributed by atoms with van der Waals surface area (Å²) >= 11 is 0. The normalized spacial score (nSPS) is 19.9. The van der Waals surface area contributed by atoms with E-state index in [9.17, 15) is 4.79 Å². The van der Waals surface area contributed by atoms with Crippen molar-refractivity contribution in [3.63, 3.8) is 0 Å². The number of rotatable bonds is 1. The van der Waals surface area contributed by atoms with Gasteiger partial charge >= 0.3 is 0 Å². The first kappa shape index (κ1) is 8.23. The van der Waals surface area contributed by atoms with Crippen molar-refractivity contribution in [1.82, 2.24) is 9.91 Å². The van der Waals surface area contributed by atoms with Gasteiger partial charge in [-0.1, -0.05) is 6.58 Å². The second kappa shape index (κ2) is 3.50. The molecule has 0 spiro atoms. The van der Waals surface area contributed by atoms with E-state index >= 15 is 0 Å². The number of piperazine rings is 1. The predicted molar refractivity (Wildman–Crippen MR) is 42.5 cm³/mol. The van der Waals surface area contributed by atoms with Crippen molar-refractivity contribution in [3.05, 3.63) is 12.7 Å². The van der Waals surface area contributed by atoms with Crippen LogP contribution in [0.3, 0.4) is 0 Å². The Kier molecular flexibility index (Phi) is 2.62. The van der Waals surface area contributed by atoms with Gasteiger partial charge in [0.25, 0.3) is 0 Å². The summed E-state index contributed by atoms with van der Waals surface area (Å²) in [6.45, 7) is 6.34. The monoisotopic (exact) mass is 155 g/mol. The fraction of sp³-hybridized carbons (Fsp3) is 0.571. The van der Waals surface area contributed by atoms with E-state index < -0.39 is 0 Å². The molecule has 0 saturated carbocycles. The summed E-state index contributed by atoms with van der Waals surface area (Å²) < 4.78 is 0. The molecule has 4 nitrogen and oxygen atoms in total. The van der Waals surface area contributed by atoms with Gasteiger partial charge in [0.1, 0.15) is 0 Å². The highest BCUT2D eigenvalue weighted by Crippen LogP contribution is 1.97. The van der Waals surface area contributed by atoms with Gasteiger partial charge in [-0.05, 0) is 6.08 Å². The molecule has 1 aliphatic rings.